The second-order valence-corrected chi connectivity index (χ2v) is 6.59. The van der Waals surface area contributed by atoms with E-state index in [9.17, 15) is 8.42 Å². The first-order valence-electron chi connectivity index (χ1n) is 5.99. The number of aryl methyl sites for hydroxylation is 1. The second kappa shape index (κ2) is 4.71. The summed E-state index contributed by atoms with van der Waals surface area (Å²) in [5.41, 5.74) is 1.22. The Morgan fingerprint density at radius 2 is 2.17 bits per heavy atom. The third-order valence-electron chi connectivity index (χ3n) is 3.42. The van der Waals surface area contributed by atoms with Crippen LogP contribution in [0, 0.1) is 18.3 Å². The van der Waals surface area contributed by atoms with Gasteiger partial charge in [-0.1, -0.05) is 0 Å². The molecule has 18 heavy (non-hydrogen) atoms. The van der Waals surface area contributed by atoms with Crippen LogP contribution >= 0.6 is 0 Å². The zero-order valence-corrected chi connectivity index (χ0v) is 11.4. The molecule has 96 valence electrons. The number of rotatable bonds is 2. The molecule has 1 unspecified atom stereocenters. The fraction of sp³-hybridized carbons (Fsp3) is 0.462. The molecule has 1 aromatic carbocycles. The summed E-state index contributed by atoms with van der Waals surface area (Å²) in [5, 5.41) is 8.86. The Morgan fingerprint density at radius 1 is 1.44 bits per heavy atom. The molecule has 0 bridgehead atoms. The Labute approximate surface area is 108 Å². The molecule has 1 atom stereocenters. The van der Waals surface area contributed by atoms with Crippen LogP contribution in [0.1, 0.15) is 30.9 Å². The van der Waals surface area contributed by atoms with E-state index in [0.717, 1.165) is 12.8 Å². The Balaban J connectivity index is 2.42. The van der Waals surface area contributed by atoms with Crippen LogP contribution in [0.3, 0.4) is 0 Å². The summed E-state index contributed by atoms with van der Waals surface area (Å²) in [7, 11) is -3.41. The lowest BCUT2D eigenvalue weighted by molar-refractivity contribution is 0.408. The topological polar surface area (TPSA) is 61.2 Å². The van der Waals surface area contributed by atoms with Gasteiger partial charge in [0.15, 0.2) is 0 Å². The second-order valence-electron chi connectivity index (χ2n) is 4.70. The summed E-state index contributed by atoms with van der Waals surface area (Å²) >= 11 is 0. The molecule has 1 aliphatic heterocycles. The number of nitriles is 1. The molecule has 0 saturated carbocycles. The summed E-state index contributed by atoms with van der Waals surface area (Å²) in [6.07, 6.45) is 1.82. The molecule has 5 heteroatoms. The summed E-state index contributed by atoms with van der Waals surface area (Å²) in [6, 6.07) is 6.78. The lowest BCUT2D eigenvalue weighted by atomic mass is 10.1. The first kappa shape index (κ1) is 13.1. The largest absolute Gasteiger partial charge is 0.243 e. The van der Waals surface area contributed by atoms with Gasteiger partial charge >= 0.3 is 0 Å². The number of hydrogen-bond acceptors (Lipinski definition) is 3. The minimum absolute atomic E-state index is 0.0611. The van der Waals surface area contributed by atoms with Gasteiger partial charge in [0.05, 0.1) is 16.5 Å². The highest BCUT2D eigenvalue weighted by Crippen LogP contribution is 2.26. The molecule has 1 fully saturated rings. The Hall–Kier alpha value is -1.38. The maximum atomic E-state index is 12.4. The van der Waals surface area contributed by atoms with Crippen molar-refractivity contribution in [2.24, 2.45) is 0 Å². The first-order valence-corrected chi connectivity index (χ1v) is 7.43. The SMILES string of the molecule is Cc1cc(S(=O)(=O)N2CCCC2C)ccc1C#N. The fourth-order valence-corrected chi connectivity index (χ4v) is 4.11. The molecular weight excluding hydrogens is 248 g/mol. The van der Waals surface area contributed by atoms with Crippen LogP contribution < -0.4 is 0 Å². The molecule has 4 nitrogen and oxygen atoms in total. The predicted octanol–water partition coefficient (Wildman–Crippen LogP) is 2.04. The standard InChI is InChI=1S/C13H16N2O2S/c1-10-8-13(6-5-12(10)9-14)18(16,17)15-7-3-4-11(15)2/h5-6,8,11H,3-4,7H2,1-2H3. The van der Waals surface area contributed by atoms with E-state index in [-0.39, 0.29) is 10.9 Å². The van der Waals surface area contributed by atoms with Crippen LogP contribution in [0.4, 0.5) is 0 Å². The van der Waals surface area contributed by atoms with E-state index in [2.05, 4.69) is 0 Å². The van der Waals surface area contributed by atoms with Gasteiger partial charge < -0.3 is 0 Å². The molecule has 0 aliphatic carbocycles. The van der Waals surface area contributed by atoms with Gasteiger partial charge in [0.1, 0.15) is 0 Å². The maximum absolute atomic E-state index is 12.4. The normalized spacial score (nSPS) is 20.8. The predicted molar refractivity (Wildman–Crippen MR) is 68.5 cm³/mol. The molecule has 2 rings (SSSR count). The summed E-state index contributed by atoms with van der Waals surface area (Å²) in [4.78, 5) is 0.285. The number of nitrogens with zero attached hydrogens (tertiary/aromatic N) is 2. The van der Waals surface area contributed by atoms with Crippen LogP contribution in [0.15, 0.2) is 23.1 Å². The summed E-state index contributed by atoms with van der Waals surface area (Å²) < 4.78 is 26.4. The van der Waals surface area contributed by atoms with E-state index < -0.39 is 10.0 Å². The lowest BCUT2D eigenvalue weighted by Gasteiger charge is -2.21. The van der Waals surface area contributed by atoms with Crippen LogP contribution in [-0.4, -0.2) is 25.3 Å². The van der Waals surface area contributed by atoms with Gasteiger partial charge in [0.2, 0.25) is 10.0 Å². The van der Waals surface area contributed by atoms with Crippen LogP contribution in [0.2, 0.25) is 0 Å². The van der Waals surface area contributed by atoms with Crippen molar-refractivity contribution >= 4 is 10.0 Å². The van der Waals surface area contributed by atoms with Gasteiger partial charge in [-0.25, -0.2) is 8.42 Å². The van der Waals surface area contributed by atoms with Crippen molar-refractivity contribution in [3.8, 4) is 6.07 Å². The van der Waals surface area contributed by atoms with Gasteiger partial charge in [-0.05, 0) is 50.5 Å². The molecule has 0 aromatic heterocycles. The van der Waals surface area contributed by atoms with E-state index in [4.69, 9.17) is 5.26 Å². The molecule has 1 heterocycles. The summed E-state index contributed by atoms with van der Waals surface area (Å²) in [5.74, 6) is 0. The van der Waals surface area contributed by atoms with Crippen LogP contribution in [0.5, 0.6) is 0 Å². The highest BCUT2D eigenvalue weighted by atomic mass is 32.2. The average molecular weight is 264 g/mol. The van der Waals surface area contributed by atoms with E-state index in [1.807, 2.05) is 13.0 Å². The number of hydrogen-bond donors (Lipinski definition) is 0. The van der Waals surface area contributed by atoms with Crippen molar-refractivity contribution < 1.29 is 8.42 Å². The van der Waals surface area contributed by atoms with E-state index in [0.29, 0.717) is 17.7 Å². The molecule has 0 amide bonds. The Kier molecular flexibility index (Phi) is 3.42. The molecule has 0 N–H and O–H groups in total. The average Bonchev–Trinajstić information content (AvgIpc) is 2.76. The van der Waals surface area contributed by atoms with Crippen molar-refractivity contribution in [3.63, 3.8) is 0 Å². The van der Waals surface area contributed by atoms with Crippen LogP contribution in [-0.2, 0) is 10.0 Å². The molecule has 1 aromatic rings. The zero-order chi connectivity index (χ0) is 13.3. The quantitative estimate of drug-likeness (QED) is 0.821. The van der Waals surface area contributed by atoms with Crippen molar-refractivity contribution in [3.05, 3.63) is 29.3 Å². The fourth-order valence-electron chi connectivity index (χ4n) is 2.32. The smallest absolute Gasteiger partial charge is 0.207 e. The van der Waals surface area contributed by atoms with Gasteiger partial charge in [0, 0.05) is 12.6 Å². The van der Waals surface area contributed by atoms with Gasteiger partial charge in [0.25, 0.3) is 0 Å². The first-order chi connectivity index (χ1) is 8.46. The monoisotopic (exact) mass is 264 g/mol. The van der Waals surface area contributed by atoms with E-state index in [1.165, 1.54) is 6.07 Å². The Bertz CT molecular complexity index is 602. The summed E-state index contributed by atoms with van der Waals surface area (Å²) in [6.45, 7) is 4.27. The molecule has 1 saturated heterocycles. The van der Waals surface area contributed by atoms with Crippen LogP contribution in [0.25, 0.3) is 0 Å². The van der Waals surface area contributed by atoms with Gasteiger partial charge in [-0.3, -0.25) is 0 Å². The zero-order valence-electron chi connectivity index (χ0n) is 10.5. The van der Waals surface area contributed by atoms with Crippen molar-refractivity contribution in [2.45, 2.75) is 37.6 Å². The molecular formula is C13H16N2O2S. The lowest BCUT2D eigenvalue weighted by Crippen LogP contribution is -2.33. The maximum Gasteiger partial charge on any atom is 0.243 e. The van der Waals surface area contributed by atoms with Crippen molar-refractivity contribution in [1.29, 1.82) is 5.26 Å². The van der Waals surface area contributed by atoms with E-state index in [1.54, 1.807) is 23.4 Å². The van der Waals surface area contributed by atoms with Crippen molar-refractivity contribution in [2.75, 3.05) is 6.54 Å². The molecule has 0 spiro atoms. The number of sulfonamides is 1. The van der Waals surface area contributed by atoms with Gasteiger partial charge in [-0.2, -0.15) is 9.57 Å². The minimum atomic E-state index is -3.41. The molecule has 0 radical (unpaired) electrons. The molecule has 1 aliphatic rings. The third-order valence-corrected chi connectivity index (χ3v) is 5.43. The highest BCUT2D eigenvalue weighted by Gasteiger charge is 2.32. The van der Waals surface area contributed by atoms with Gasteiger partial charge in [-0.15, -0.1) is 0 Å². The number of benzene rings is 1. The Morgan fingerprint density at radius 3 is 2.67 bits per heavy atom. The van der Waals surface area contributed by atoms with E-state index >= 15 is 0 Å². The minimum Gasteiger partial charge on any atom is -0.207 e. The highest BCUT2D eigenvalue weighted by molar-refractivity contribution is 7.89. The van der Waals surface area contributed by atoms with Crippen molar-refractivity contribution in [1.82, 2.24) is 4.31 Å². The third kappa shape index (κ3) is 2.14.